The lowest BCUT2D eigenvalue weighted by Gasteiger charge is -2.31. The fourth-order valence-electron chi connectivity index (χ4n) is 2.12. The average molecular weight is 280 g/mol. The molecule has 0 aliphatic carbocycles. The van der Waals surface area contributed by atoms with Gasteiger partial charge in [-0.05, 0) is 31.8 Å². The van der Waals surface area contributed by atoms with Crippen molar-refractivity contribution in [2.75, 3.05) is 45.8 Å². The number of ether oxygens (including phenoxy) is 2. The fraction of sp³-hybridized carbons (Fsp3) is 0.500. The van der Waals surface area contributed by atoms with E-state index in [1.54, 1.807) is 24.1 Å². The highest BCUT2D eigenvalue weighted by atomic mass is 16.5. The smallest absolute Gasteiger partial charge is 0.265 e. The molecule has 20 heavy (non-hydrogen) atoms. The molecule has 0 aromatic heterocycles. The quantitative estimate of drug-likeness (QED) is 0.850. The van der Waals surface area contributed by atoms with Crippen LogP contribution in [0.3, 0.4) is 0 Å². The normalized spacial score (nSPS) is 14.2. The third-order valence-corrected chi connectivity index (χ3v) is 3.20. The van der Waals surface area contributed by atoms with Crippen molar-refractivity contribution in [2.45, 2.75) is 6.61 Å². The molecular weight excluding hydrogens is 260 g/mol. The molecule has 0 bridgehead atoms. The Labute approximate surface area is 118 Å². The molecule has 2 rings (SSSR count). The Morgan fingerprint density at radius 1 is 1.45 bits per heavy atom. The standard InChI is InChI=1S/C14H20N2O4/c1-15(2)4-5-16-11-6-10(8-17)7-12(19-3)14(11)20-9-13(16)18/h6-7,17H,4-5,8-9H2,1-3H3. The Morgan fingerprint density at radius 3 is 2.80 bits per heavy atom. The van der Waals surface area contributed by atoms with Gasteiger partial charge >= 0.3 is 0 Å². The number of carbonyl (C=O) groups excluding carboxylic acids is 1. The minimum atomic E-state index is -0.112. The Balaban J connectivity index is 2.40. The molecule has 0 saturated carbocycles. The summed E-state index contributed by atoms with van der Waals surface area (Å²) in [5.74, 6) is 1.01. The Morgan fingerprint density at radius 2 is 2.20 bits per heavy atom. The molecule has 0 spiro atoms. The fourth-order valence-corrected chi connectivity index (χ4v) is 2.12. The molecule has 1 aliphatic heterocycles. The summed E-state index contributed by atoms with van der Waals surface area (Å²) >= 11 is 0. The summed E-state index contributed by atoms with van der Waals surface area (Å²) in [5.41, 5.74) is 1.35. The summed E-state index contributed by atoms with van der Waals surface area (Å²) in [4.78, 5) is 15.7. The third kappa shape index (κ3) is 2.86. The van der Waals surface area contributed by atoms with E-state index < -0.39 is 0 Å². The second-order valence-electron chi connectivity index (χ2n) is 4.94. The maximum atomic E-state index is 12.0. The van der Waals surface area contributed by atoms with Gasteiger partial charge in [-0.25, -0.2) is 0 Å². The first-order valence-corrected chi connectivity index (χ1v) is 6.46. The van der Waals surface area contributed by atoms with Gasteiger partial charge in [-0.1, -0.05) is 0 Å². The zero-order valence-corrected chi connectivity index (χ0v) is 12.0. The van der Waals surface area contributed by atoms with Gasteiger partial charge < -0.3 is 24.4 Å². The number of nitrogens with zero attached hydrogens (tertiary/aromatic N) is 2. The van der Waals surface area contributed by atoms with E-state index in [-0.39, 0.29) is 19.1 Å². The van der Waals surface area contributed by atoms with E-state index in [4.69, 9.17) is 9.47 Å². The highest BCUT2D eigenvalue weighted by molar-refractivity contribution is 5.98. The van der Waals surface area contributed by atoms with Crippen molar-refractivity contribution in [1.82, 2.24) is 4.90 Å². The van der Waals surface area contributed by atoms with Crippen LogP contribution in [0.5, 0.6) is 11.5 Å². The third-order valence-electron chi connectivity index (χ3n) is 3.20. The van der Waals surface area contributed by atoms with Crippen molar-refractivity contribution in [1.29, 1.82) is 0 Å². The number of hydrogen-bond donors (Lipinski definition) is 1. The summed E-state index contributed by atoms with van der Waals surface area (Å²) in [6, 6.07) is 3.49. The maximum Gasteiger partial charge on any atom is 0.265 e. The molecule has 0 fully saturated rings. The Kier molecular flexibility index (Phi) is 4.46. The van der Waals surface area contributed by atoms with Crippen molar-refractivity contribution in [3.8, 4) is 11.5 Å². The molecule has 0 unspecified atom stereocenters. The summed E-state index contributed by atoms with van der Waals surface area (Å²) in [6.07, 6.45) is 0. The van der Waals surface area contributed by atoms with Gasteiger partial charge in [0.2, 0.25) is 0 Å². The molecule has 1 heterocycles. The molecule has 0 saturated heterocycles. The number of aliphatic hydroxyl groups is 1. The van der Waals surface area contributed by atoms with Crippen molar-refractivity contribution in [2.24, 2.45) is 0 Å². The molecule has 1 amide bonds. The minimum Gasteiger partial charge on any atom is -0.493 e. The van der Waals surface area contributed by atoms with Crippen LogP contribution < -0.4 is 14.4 Å². The predicted octanol–water partition coefficient (Wildman–Crippen LogP) is 0.474. The molecule has 6 heteroatoms. The second-order valence-corrected chi connectivity index (χ2v) is 4.94. The van der Waals surface area contributed by atoms with Crippen LogP contribution in [0.1, 0.15) is 5.56 Å². The molecule has 0 radical (unpaired) electrons. The predicted molar refractivity (Wildman–Crippen MR) is 75.3 cm³/mol. The van der Waals surface area contributed by atoms with E-state index in [0.29, 0.717) is 29.3 Å². The molecule has 1 aliphatic rings. The van der Waals surface area contributed by atoms with Crippen molar-refractivity contribution < 1.29 is 19.4 Å². The summed E-state index contributed by atoms with van der Waals surface area (Å²) in [5, 5.41) is 9.32. The van der Waals surface area contributed by atoms with E-state index >= 15 is 0 Å². The molecular formula is C14H20N2O4. The van der Waals surface area contributed by atoms with Gasteiger partial charge in [0.25, 0.3) is 5.91 Å². The highest BCUT2D eigenvalue weighted by Crippen LogP contribution is 2.41. The van der Waals surface area contributed by atoms with Crippen LogP contribution in [0.4, 0.5) is 5.69 Å². The first-order valence-electron chi connectivity index (χ1n) is 6.46. The van der Waals surface area contributed by atoms with E-state index in [1.807, 2.05) is 19.0 Å². The number of rotatable bonds is 5. The van der Waals surface area contributed by atoms with Gasteiger partial charge in [0, 0.05) is 13.1 Å². The van der Waals surface area contributed by atoms with Crippen molar-refractivity contribution in [3.05, 3.63) is 17.7 Å². The molecule has 1 aromatic rings. The topological polar surface area (TPSA) is 62.2 Å². The zero-order chi connectivity index (χ0) is 14.7. The lowest BCUT2D eigenvalue weighted by Crippen LogP contribution is -2.42. The monoisotopic (exact) mass is 280 g/mol. The molecule has 0 atom stereocenters. The van der Waals surface area contributed by atoms with Gasteiger partial charge in [0.15, 0.2) is 18.1 Å². The van der Waals surface area contributed by atoms with Crippen LogP contribution in [0.15, 0.2) is 12.1 Å². The number of likely N-dealkylation sites (N-methyl/N-ethyl adjacent to an activating group) is 1. The summed E-state index contributed by atoms with van der Waals surface area (Å²) in [7, 11) is 5.45. The number of hydrogen-bond acceptors (Lipinski definition) is 5. The van der Waals surface area contributed by atoms with E-state index in [0.717, 1.165) is 6.54 Å². The van der Waals surface area contributed by atoms with Gasteiger partial charge in [0.1, 0.15) is 0 Å². The van der Waals surface area contributed by atoms with E-state index in [2.05, 4.69) is 0 Å². The van der Waals surface area contributed by atoms with Gasteiger partial charge in [-0.15, -0.1) is 0 Å². The van der Waals surface area contributed by atoms with Gasteiger partial charge in [-0.3, -0.25) is 4.79 Å². The molecule has 1 aromatic carbocycles. The lowest BCUT2D eigenvalue weighted by atomic mass is 10.1. The first kappa shape index (κ1) is 14.6. The number of amides is 1. The van der Waals surface area contributed by atoms with Crippen molar-refractivity contribution in [3.63, 3.8) is 0 Å². The molecule has 6 nitrogen and oxygen atoms in total. The summed E-state index contributed by atoms with van der Waals surface area (Å²) in [6.45, 7) is 1.21. The Bertz CT molecular complexity index is 502. The highest BCUT2D eigenvalue weighted by Gasteiger charge is 2.28. The second kappa shape index (κ2) is 6.11. The average Bonchev–Trinajstić information content (AvgIpc) is 2.44. The number of aliphatic hydroxyl groups excluding tert-OH is 1. The van der Waals surface area contributed by atoms with E-state index in [9.17, 15) is 9.90 Å². The van der Waals surface area contributed by atoms with Crippen LogP contribution in [-0.4, -0.2) is 56.8 Å². The molecule has 1 N–H and O–H groups in total. The minimum absolute atomic E-state index is 0.00919. The lowest BCUT2D eigenvalue weighted by molar-refractivity contribution is -0.121. The number of fused-ring (bicyclic) bond motifs is 1. The van der Waals surface area contributed by atoms with Crippen LogP contribution in [-0.2, 0) is 11.4 Å². The zero-order valence-electron chi connectivity index (χ0n) is 12.0. The largest absolute Gasteiger partial charge is 0.493 e. The van der Waals surface area contributed by atoms with Gasteiger partial charge in [0.05, 0.1) is 19.4 Å². The Hall–Kier alpha value is -1.79. The van der Waals surface area contributed by atoms with Crippen LogP contribution in [0.2, 0.25) is 0 Å². The molecule has 110 valence electrons. The number of benzene rings is 1. The number of carbonyl (C=O) groups is 1. The van der Waals surface area contributed by atoms with Crippen LogP contribution in [0, 0.1) is 0 Å². The SMILES string of the molecule is COc1cc(CO)cc2c1OCC(=O)N2CCN(C)C. The van der Waals surface area contributed by atoms with Gasteiger partial charge in [-0.2, -0.15) is 0 Å². The summed E-state index contributed by atoms with van der Waals surface area (Å²) < 4.78 is 10.8. The first-order chi connectivity index (χ1) is 9.56. The number of methoxy groups -OCH3 is 1. The maximum absolute atomic E-state index is 12.0. The van der Waals surface area contributed by atoms with Crippen LogP contribution in [0.25, 0.3) is 0 Å². The van der Waals surface area contributed by atoms with E-state index in [1.165, 1.54) is 0 Å². The number of anilines is 1. The van der Waals surface area contributed by atoms with Crippen LogP contribution >= 0.6 is 0 Å². The van der Waals surface area contributed by atoms with Crippen molar-refractivity contribution >= 4 is 11.6 Å².